The molecule has 3 aromatic rings. The third kappa shape index (κ3) is 4.48. The summed E-state index contributed by atoms with van der Waals surface area (Å²) < 4.78 is 1.84. The topological polar surface area (TPSA) is 74.0 Å². The molecule has 6 nitrogen and oxygen atoms in total. The monoisotopic (exact) mass is 345 g/mol. The summed E-state index contributed by atoms with van der Waals surface area (Å²) >= 11 is 0. The van der Waals surface area contributed by atoms with E-state index in [1.54, 1.807) is 30.3 Å². The second kappa shape index (κ2) is 7.99. The summed E-state index contributed by atoms with van der Waals surface area (Å²) in [5.41, 5.74) is 3.34. The first-order chi connectivity index (χ1) is 12.6. The molecule has 0 unspecified atom stereocenters. The molecule has 1 heterocycles. The summed E-state index contributed by atoms with van der Waals surface area (Å²) in [7, 11) is 1.72. The van der Waals surface area contributed by atoms with E-state index in [-0.39, 0.29) is 6.03 Å². The molecule has 0 atom stereocenters. The maximum Gasteiger partial charge on any atom is 0.321 e. The molecule has 6 heteroatoms. The highest BCUT2D eigenvalue weighted by molar-refractivity contribution is 5.89. The SMILES string of the molecule is CN(Cc1cccc(C#N)c1)C(=O)Nc1ccc(Cn2cccn2)cc1. The molecule has 130 valence electrons. The Labute approximate surface area is 152 Å². The van der Waals surface area contributed by atoms with Gasteiger partial charge in [0.15, 0.2) is 0 Å². The van der Waals surface area contributed by atoms with Gasteiger partial charge < -0.3 is 10.2 Å². The summed E-state index contributed by atoms with van der Waals surface area (Å²) in [5.74, 6) is 0. The first kappa shape index (κ1) is 17.2. The molecule has 0 bridgehead atoms. The number of nitriles is 1. The van der Waals surface area contributed by atoms with E-state index in [0.717, 1.165) is 16.8 Å². The number of hydrogen-bond acceptors (Lipinski definition) is 3. The van der Waals surface area contributed by atoms with Crippen LogP contribution in [0, 0.1) is 11.3 Å². The molecule has 1 N–H and O–H groups in total. The van der Waals surface area contributed by atoms with Crippen LogP contribution in [0.15, 0.2) is 67.0 Å². The van der Waals surface area contributed by atoms with Gasteiger partial charge >= 0.3 is 6.03 Å². The average molecular weight is 345 g/mol. The van der Waals surface area contributed by atoms with E-state index < -0.39 is 0 Å². The van der Waals surface area contributed by atoms with Crippen LogP contribution < -0.4 is 5.32 Å². The Morgan fingerprint density at radius 3 is 2.69 bits per heavy atom. The molecule has 0 spiro atoms. The van der Waals surface area contributed by atoms with Gasteiger partial charge in [-0.1, -0.05) is 24.3 Å². The zero-order valence-corrected chi connectivity index (χ0v) is 14.5. The van der Waals surface area contributed by atoms with E-state index in [1.165, 1.54) is 0 Å². The zero-order valence-electron chi connectivity index (χ0n) is 14.5. The van der Waals surface area contributed by atoms with Gasteiger partial charge in [-0.2, -0.15) is 10.4 Å². The first-order valence-corrected chi connectivity index (χ1v) is 8.21. The van der Waals surface area contributed by atoms with Crippen LogP contribution >= 0.6 is 0 Å². The van der Waals surface area contributed by atoms with E-state index in [1.807, 2.05) is 53.3 Å². The molecule has 0 aliphatic carbocycles. The number of benzene rings is 2. The number of anilines is 1. The molecule has 0 saturated heterocycles. The number of carbonyl (C=O) groups is 1. The molecule has 2 amide bonds. The van der Waals surface area contributed by atoms with Gasteiger partial charge in [-0.3, -0.25) is 4.68 Å². The van der Waals surface area contributed by atoms with Crippen molar-refractivity contribution < 1.29 is 4.79 Å². The summed E-state index contributed by atoms with van der Waals surface area (Å²) in [6.45, 7) is 1.12. The molecule has 0 aliphatic heterocycles. The lowest BCUT2D eigenvalue weighted by molar-refractivity contribution is 0.220. The van der Waals surface area contributed by atoms with Crippen molar-refractivity contribution in [3.05, 3.63) is 83.7 Å². The van der Waals surface area contributed by atoms with Gasteiger partial charge in [-0.05, 0) is 41.5 Å². The van der Waals surface area contributed by atoms with Gasteiger partial charge in [0.1, 0.15) is 0 Å². The Kier molecular flexibility index (Phi) is 5.30. The first-order valence-electron chi connectivity index (χ1n) is 8.21. The number of rotatable bonds is 5. The Morgan fingerprint density at radius 2 is 2.00 bits per heavy atom. The summed E-state index contributed by atoms with van der Waals surface area (Å²) in [6, 6.07) is 18.7. The lowest BCUT2D eigenvalue weighted by Gasteiger charge is -2.18. The van der Waals surface area contributed by atoms with Crippen molar-refractivity contribution in [2.75, 3.05) is 12.4 Å². The minimum atomic E-state index is -0.202. The van der Waals surface area contributed by atoms with Crippen LogP contribution in [-0.4, -0.2) is 27.8 Å². The van der Waals surface area contributed by atoms with Crippen molar-refractivity contribution in [1.29, 1.82) is 5.26 Å². The molecule has 26 heavy (non-hydrogen) atoms. The minimum absolute atomic E-state index is 0.202. The molecule has 0 saturated carbocycles. The predicted molar refractivity (Wildman–Crippen MR) is 99.4 cm³/mol. The second-order valence-corrected chi connectivity index (χ2v) is 6.00. The third-order valence-corrected chi connectivity index (χ3v) is 3.93. The molecule has 0 fully saturated rings. The second-order valence-electron chi connectivity index (χ2n) is 6.00. The molecule has 1 aromatic heterocycles. The van der Waals surface area contributed by atoms with E-state index in [4.69, 9.17) is 5.26 Å². The van der Waals surface area contributed by atoms with Gasteiger partial charge in [0, 0.05) is 31.7 Å². The standard InChI is InChI=1S/C20H19N5O/c1-24(14-18-5-2-4-17(12-18)13-21)20(26)23-19-8-6-16(7-9-19)15-25-11-3-10-22-25/h2-12H,14-15H2,1H3,(H,23,26). The van der Waals surface area contributed by atoms with Crippen molar-refractivity contribution >= 4 is 11.7 Å². The largest absolute Gasteiger partial charge is 0.323 e. The lowest BCUT2D eigenvalue weighted by Crippen LogP contribution is -2.30. The van der Waals surface area contributed by atoms with E-state index >= 15 is 0 Å². The quantitative estimate of drug-likeness (QED) is 0.769. The van der Waals surface area contributed by atoms with Crippen LogP contribution in [0.2, 0.25) is 0 Å². The van der Waals surface area contributed by atoms with E-state index in [2.05, 4.69) is 16.5 Å². The van der Waals surface area contributed by atoms with E-state index in [0.29, 0.717) is 18.7 Å². The minimum Gasteiger partial charge on any atom is -0.323 e. The molecule has 0 aliphatic rings. The molecular weight excluding hydrogens is 326 g/mol. The number of aromatic nitrogens is 2. The predicted octanol–water partition coefficient (Wildman–Crippen LogP) is 3.47. The molecule has 2 aromatic carbocycles. The number of nitrogens with zero attached hydrogens (tertiary/aromatic N) is 4. The number of urea groups is 1. The maximum atomic E-state index is 12.3. The number of carbonyl (C=O) groups excluding carboxylic acids is 1. The maximum absolute atomic E-state index is 12.3. The normalized spacial score (nSPS) is 10.2. The highest BCUT2D eigenvalue weighted by Gasteiger charge is 2.10. The van der Waals surface area contributed by atoms with Crippen LogP contribution in [0.25, 0.3) is 0 Å². The van der Waals surface area contributed by atoms with Crippen molar-refractivity contribution in [1.82, 2.24) is 14.7 Å². The summed E-state index contributed by atoms with van der Waals surface area (Å²) in [4.78, 5) is 13.9. The van der Waals surface area contributed by atoms with Crippen LogP contribution in [0.1, 0.15) is 16.7 Å². The Bertz CT molecular complexity index is 910. The van der Waals surface area contributed by atoms with Gasteiger partial charge in [0.05, 0.1) is 18.2 Å². The smallest absolute Gasteiger partial charge is 0.321 e. The number of hydrogen-bond donors (Lipinski definition) is 1. The van der Waals surface area contributed by atoms with Crippen molar-refractivity contribution in [2.45, 2.75) is 13.1 Å². The highest BCUT2D eigenvalue weighted by Crippen LogP contribution is 2.12. The van der Waals surface area contributed by atoms with Crippen LogP contribution in [0.5, 0.6) is 0 Å². The Balaban J connectivity index is 1.57. The van der Waals surface area contributed by atoms with Gasteiger partial charge in [0.2, 0.25) is 0 Å². The molecular formula is C20H19N5O. The van der Waals surface area contributed by atoms with Crippen molar-refractivity contribution in [2.24, 2.45) is 0 Å². The highest BCUT2D eigenvalue weighted by atomic mass is 16.2. The van der Waals surface area contributed by atoms with Crippen LogP contribution in [0.3, 0.4) is 0 Å². The zero-order chi connectivity index (χ0) is 18.4. The van der Waals surface area contributed by atoms with Crippen LogP contribution in [0.4, 0.5) is 10.5 Å². The molecule has 0 radical (unpaired) electrons. The average Bonchev–Trinajstić information content (AvgIpc) is 3.16. The van der Waals surface area contributed by atoms with Gasteiger partial charge in [0.25, 0.3) is 0 Å². The number of nitrogens with one attached hydrogen (secondary N) is 1. The van der Waals surface area contributed by atoms with Gasteiger partial charge in [-0.25, -0.2) is 4.79 Å². The summed E-state index contributed by atoms with van der Waals surface area (Å²) in [6.07, 6.45) is 3.66. The fourth-order valence-electron chi connectivity index (χ4n) is 2.58. The van der Waals surface area contributed by atoms with Crippen molar-refractivity contribution in [3.63, 3.8) is 0 Å². The number of amides is 2. The molecule has 3 rings (SSSR count). The van der Waals surface area contributed by atoms with E-state index in [9.17, 15) is 4.79 Å². The third-order valence-electron chi connectivity index (χ3n) is 3.93. The fraction of sp³-hybridized carbons (Fsp3) is 0.150. The van der Waals surface area contributed by atoms with Gasteiger partial charge in [-0.15, -0.1) is 0 Å². The summed E-state index contributed by atoms with van der Waals surface area (Å²) in [5, 5.41) is 16.0. The fourth-order valence-corrected chi connectivity index (χ4v) is 2.58. The van der Waals surface area contributed by atoms with Crippen molar-refractivity contribution in [3.8, 4) is 6.07 Å². The van der Waals surface area contributed by atoms with Crippen LogP contribution in [-0.2, 0) is 13.1 Å². The Morgan fingerprint density at radius 1 is 1.19 bits per heavy atom. The Hall–Kier alpha value is -3.59. The lowest BCUT2D eigenvalue weighted by atomic mass is 10.1.